The topological polar surface area (TPSA) is 88.8 Å². The van der Waals surface area contributed by atoms with Crippen LogP contribution < -0.4 is 5.32 Å². The Bertz CT molecular complexity index is 1090. The molecule has 0 aliphatic carbocycles. The van der Waals surface area contributed by atoms with Crippen molar-refractivity contribution in [2.45, 2.75) is 32.6 Å². The van der Waals surface area contributed by atoms with E-state index < -0.39 is 0 Å². The van der Waals surface area contributed by atoms with Crippen LogP contribution in [0.15, 0.2) is 43.0 Å². The summed E-state index contributed by atoms with van der Waals surface area (Å²) in [4.78, 5) is 27.5. The predicted octanol–water partition coefficient (Wildman–Crippen LogP) is 3.38. The third-order valence-corrected chi connectivity index (χ3v) is 5.77. The van der Waals surface area contributed by atoms with Gasteiger partial charge in [-0.2, -0.15) is 5.10 Å². The van der Waals surface area contributed by atoms with Crippen LogP contribution in [0.1, 0.15) is 41.3 Å². The third kappa shape index (κ3) is 4.79. The van der Waals surface area contributed by atoms with Gasteiger partial charge in [-0.15, -0.1) is 0 Å². The maximum absolute atomic E-state index is 12.9. The van der Waals surface area contributed by atoms with E-state index >= 15 is 0 Å². The average molecular weight is 418 g/mol. The van der Waals surface area contributed by atoms with Gasteiger partial charge in [-0.3, -0.25) is 14.5 Å². The number of nitrogens with zero attached hydrogens (tertiary/aromatic N) is 6. The van der Waals surface area contributed by atoms with Crippen molar-refractivity contribution in [2.24, 2.45) is 7.05 Å². The van der Waals surface area contributed by atoms with Gasteiger partial charge in [-0.25, -0.2) is 9.97 Å². The van der Waals surface area contributed by atoms with E-state index in [2.05, 4.69) is 25.4 Å². The number of hydrogen-bond acceptors (Lipinski definition) is 6. The van der Waals surface area contributed by atoms with E-state index in [0.717, 1.165) is 42.2 Å². The molecule has 4 heterocycles. The number of rotatable bonds is 5. The van der Waals surface area contributed by atoms with Crippen molar-refractivity contribution >= 4 is 23.6 Å². The number of aromatic nitrogens is 5. The second-order valence-corrected chi connectivity index (χ2v) is 7.85. The molecule has 3 aromatic rings. The Morgan fingerprint density at radius 3 is 2.77 bits per heavy atom. The summed E-state index contributed by atoms with van der Waals surface area (Å²) in [5.74, 6) is 1.69. The SMILES string of the molecule is Cc1nn(C)c(C)c1/C=C/C(=O)N1CCCC(c2ccnc(Nc3cnccn3)c2)C1. The van der Waals surface area contributed by atoms with E-state index in [1.54, 1.807) is 30.9 Å². The quantitative estimate of drug-likeness (QED) is 0.640. The number of piperidine rings is 1. The van der Waals surface area contributed by atoms with Crippen molar-refractivity contribution in [1.29, 1.82) is 0 Å². The molecule has 8 heteroatoms. The van der Waals surface area contributed by atoms with Crippen LogP contribution >= 0.6 is 0 Å². The number of anilines is 2. The van der Waals surface area contributed by atoms with Gasteiger partial charge in [0.1, 0.15) is 11.6 Å². The molecule has 1 fully saturated rings. The van der Waals surface area contributed by atoms with E-state index in [0.29, 0.717) is 12.4 Å². The molecule has 1 saturated heterocycles. The molecule has 1 amide bonds. The Morgan fingerprint density at radius 2 is 2.03 bits per heavy atom. The first kappa shape index (κ1) is 20.7. The van der Waals surface area contributed by atoms with Gasteiger partial charge in [-0.05, 0) is 50.5 Å². The Morgan fingerprint density at radius 1 is 1.19 bits per heavy atom. The largest absolute Gasteiger partial charge is 0.339 e. The first-order valence-corrected chi connectivity index (χ1v) is 10.5. The number of carbonyl (C=O) groups excluding carboxylic acids is 1. The van der Waals surface area contributed by atoms with E-state index in [-0.39, 0.29) is 11.8 Å². The van der Waals surface area contributed by atoms with Crippen molar-refractivity contribution in [3.8, 4) is 0 Å². The highest BCUT2D eigenvalue weighted by Crippen LogP contribution is 2.28. The summed E-state index contributed by atoms with van der Waals surface area (Å²) in [6, 6.07) is 4.06. The summed E-state index contributed by atoms with van der Waals surface area (Å²) in [6.45, 7) is 5.45. The molecule has 1 unspecified atom stereocenters. The van der Waals surface area contributed by atoms with Crippen LogP contribution in [0.25, 0.3) is 6.08 Å². The van der Waals surface area contributed by atoms with Crippen molar-refractivity contribution < 1.29 is 4.79 Å². The standard InChI is InChI=1S/C23H27N7O/c1-16-20(17(2)29(3)28-16)6-7-23(31)30-12-4-5-19(15-30)18-8-9-25-21(13-18)27-22-14-24-10-11-26-22/h6-11,13-14,19H,4-5,12,15H2,1-3H3,(H,25,26,27)/b7-6+. The third-order valence-electron chi connectivity index (χ3n) is 5.77. The molecule has 3 aromatic heterocycles. The fourth-order valence-corrected chi connectivity index (χ4v) is 4.00. The normalized spacial score (nSPS) is 16.6. The molecular weight excluding hydrogens is 390 g/mol. The number of nitrogens with one attached hydrogen (secondary N) is 1. The number of aryl methyl sites for hydroxylation is 2. The minimum absolute atomic E-state index is 0.0410. The number of hydrogen-bond donors (Lipinski definition) is 1. The highest BCUT2D eigenvalue weighted by Gasteiger charge is 2.24. The van der Waals surface area contributed by atoms with Crippen LogP contribution in [-0.4, -0.2) is 48.6 Å². The monoisotopic (exact) mass is 417 g/mol. The second kappa shape index (κ2) is 9.07. The first-order chi connectivity index (χ1) is 15.0. The zero-order valence-electron chi connectivity index (χ0n) is 18.1. The van der Waals surface area contributed by atoms with Crippen LogP contribution in [0.4, 0.5) is 11.6 Å². The zero-order chi connectivity index (χ0) is 21.8. The molecule has 4 rings (SSSR count). The highest BCUT2D eigenvalue weighted by atomic mass is 16.2. The predicted molar refractivity (Wildman–Crippen MR) is 120 cm³/mol. The maximum Gasteiger partial charge on any atom is 0.246 e. The van der Waals surface area contributed by atoms with Gasteiger partial charge in [-0.1, -0.05) is 0 Å². The first-order valence-electron chi connectivity index (χ1n) is 10.5. The molecule has 0 aromatic carbocycles. The minimum atomic E-state index is 0.0410. The fourth-order valence-electron chi connectivity index (χ4n) is 4.00. The Hall–Kier alpha value is -3.55. The molecule has 160 valence electrons. The molecule has 1 aliphatic heterocycles. The molecule has 1 aliphatic rings. The molecule has 1 atom stereocenters. The van der Waals surface area contributed by atoms with Crippen LogP contribution in [0.2, 0.25) is 0 Å². The molecule has 31 heavy (non-hydrogen) atoms. The molecular formula is C23H27N7O. The molecule has 1 N–H and O–H groups in total. The average Bonchev–Trinajstić information content (AvgIpc) is 3.04. The number of amides is 1. The Balaban J connectivity index is 1.44. The van der Waals surface area contributed by atoms with Gasteiger partial charge < -0.3 is 10.2 Å². The van der Waals surface area contributed by atoms with Gasteiger partial charge in [0.2, 0.25) is 5.91 Å². The van der Waals surface area contributed by atoms with Gasteiger partial charge >= 0.3 is 0 Å². The molecule has 0 spiro atoms. The van der Waals surface area contributed by atoms with Gasteiger partial charge in [0.25, 0.3) is 0 Å². The highest BCUT2D eigenvalue weighted by molar-refractivity contribution is 5.92. The lowest BCUT2D eigenvalue weighted by atomic mass is 9.91. The number of carbonyl (C=O) groups is 1. The molecule has 0 bridgehead atoms. The van der Waals surface area contributed by atoms with E-state index in [1.807, 2.05) is 48.7 Å². The van der Waals surface area contributed by atoms with Gasteiger partial charge in [0.15, 0.2) is 0 Å². The molecule has 8 nitrogen and oxygen atoms in total. The second-order valence-electron chi connectivity index (χ2n) is 7.85. The summed E-state index contributed by atoms with van der Waals surface area (Å²) in [5, 5.41) is 7.60. The lowest BCUT2D eigenvalue weighted by molar-refractivity contribution is -0.127. The van der Waals surface area contributed by atoms with Crippen LogP contribution in [0.5, 0.6) is 0 Å². The smallest absolute Gasteiger partial charge is 0.246 e. The van der Waals surface area contributed by atoms with Gasteiger partial charge in [0.05, 0.1) is 11.9 Å². The van der Waals surface area contributed by atoms with Crippen LogP contribution in [0.3, 0.4) is 0 Å². The lowest BCUT2D eigenvalue weighted by Crippen LogP contribution is -2.38. The van der Waals surface area contributed by atoms with E-state index in [9.17, 15) is 4.79 Å². The lowest BCUT2D eigenvalue weighted by Gasteiger charge is -2.32. The van der Waals surface area contributed by atoms with E-state index in [4.69, 9.17) is 0 Å². The molecule has 0 saturated carbocycles. The van der Waals surface area contributed by atoms with Crippen molar-refractivity contribution in [3.05, 3.63) is 65.5 Å². The fraction of sp³-hybridized carbons (Fsp3) is 0.348. The van der Waals surface area contributed by atoms with E-state index in [1.165, 1.54) is 5.56 Å². The van der Waals surface area contributed by atoms with Crippen molar-refractivity contribution in [3.63, 3.8) is 0 Å². The van der Waals surface area contributed by atoms with Crippen molar-refractivity contribution in [1.82, 2.24) is 29.6 Å². The van der Waals surface area contributed by atoms with Crippen molar-refractivity contribution in [2.75, 3.05) is 18.4 Å². The zero-order valence-corrected chi connectivity index (χ0v) is 18.1. The summed E-state index contributed by atoms with van der Waals surface area (Å²) >= 11 is 0. The molecule has 0 radical (unpaired) electrons. The minimum Gasteiger partial charge on any atom is -0.339 e. The Labute approximate surface area is 182 Å². The summed E-state index contributed by atoms with van der Waals surface area (Å²) in [5.41, 5.74) is 4.17. The number of likely N-dealkylation sites (tertiary alicyclic amines) is 1. The van der Waals surface area contributed by atoms with Gasteiger partial charge in [0, 0.05) is 62.0 Å². The van der Waals surface area contributed by atoms with Crippen LogP contribution in [-0.2, 0) is 11.8 Å². The maximum atomic E-state index is 12.9. The summed E-state index contributed by atoms with van der Waals surface area (Å²) in [7, 11) is 1.92. The van der Waals surface area contributed by atoms with Crippen LogP contribution in [0, 0.1) is 13.8 Å². The summed E-state index contributed by atoms with van der Waals surface area (Å²) < 4.78 is 1.84. The number of pyridine rings is 1. The Kier molecular flexibility index (Phi) is 6.06. The summed E-state index contributed by atoms with van der Waals surface area (Å²) in [6.07, 6.45) is 12.3.